The number of aryl methyl sites for hydroxylation is 1. The van der Waals surface area contributed by atoms with Crippen molar-refractivity contribution < 1.29 is 22.8 Å². The average Bonchev–Trinajstić information content (AvgIpc) is 3.52. The molecule has 0 aromatic carbocycles. The first-order valence-electron chi connectivity index (χ1n) is 9.43. The topological polar surface area (TPSA) is 143 Å². The Bertz CT molecular complexity index is 1120. The minimum absolute atomic E-state index is 0.0957. The van der Waals surface area contributed by atoms with E-state index >= 15 is 0 Å². The van der Waals surface area contributed by atoms with Crippen LogP contribution < -0.4 is 20.4 Å². The van der Waals surface area contributed by atoms with Crippen LogP contribution in [0, 0.1) is 6.92 Å². The Hall–Kier alpha value is -3.25. The zero-order chi connectivity index (χ0) is 22.8. The summed E-state index contributed by atoms with van der Waals surface area (Å²) in [5.41, 5.74) is 3.58. The van der Waals surface area contributed by atoms with E-state index in [1.165, 1.54) is 26.4 Å². The van der Waals surface area contributed by atoms with Gasteiger partial charge >= 0.3 is 0 Å². The first kappa shape index (κ1) is 22.4. The number of hydrogen-bond donors (Lipinski definition) is 3. The second-order valence-electron chi connectivity index (χ2n) is 7.18. The Balaban J connectivity index is 2.04. The van der Waals surface area contributed by atoms with Crippen LogP contribution in [0.15, 0.2) is 24.4 Å². The van der Waals surface area contributed by atoms with Gasteiger partial charge in [0.25, 0.3) is 11.8 Å². The third-order valence-corrected chi connectivity index (χ3v) is 5.74. The van der Waals surface area contributed by atoms with Gasteiger partial charge in [0.1, 0.15) is 5.69 Å². The van der Waals surface area contributed by atoms with Crippen molar-refractivity contribution in [3.63, 3.8) is 0 Å². The number of anilines is 3. The van der Waals surface area contributed by atoms with E-state index in [9.17, 15) is 18.0 Å². The standard InChI is InChI=1S/C19H24N6O5S/c1-11-5-8-14(17(21-11)25(2)31(4,28)29)23-15-9-16(19(27)22-12-6-7-12)20-10-13(15)18(26)24-30-3/h5,8-10,12H,6-7H2,1-4H3,(H,20,23)(H,22,27)(H,24,26). The number of aromatic nitrogens is 2. The van der Waals surface area contributed by atoms with Crippen LogP contribution in [-0.4, -0.2) is 56.7 Å². The summed E-state index contributed by atoms with van der Waals surface area (Å²) < 4.78 is 25.2. The molecule has 0 unspecified atom stereocenters. The van der Waals surface area contributed by atoms with Crippen LogP contribution in [0.1, 0.15) is 39.4 Å². The number of amides is 2. The molecule has 0 spiro atoms. The third-order valence-electron chi connectivity index (χ3n) is 4.57. The molecular formula is C19H24N6O5S. The lowest BCUT2D eigenvalue weighted by molar-refractivity contribution is 0.0538. The predicted molar refractivity (Wildman–Crippen MR) is 115 cm³/mol. The van der Waals surface area contributed by atoms with Gasteiger partial charge in [0, 0.05) is 25.0 Å². The van der Waals surface area contributed by atoms with E-state index < -0.39 is 15.9 Å². The van der Waals surface area contributed by atoms with E-state index in [-0.39, 0.29) is 34.7 Å². The monoisotopic (exact) mass is 448 g/mol. The number of pyridine rings is 2. The normalized spacial score (nSPS) is 13.4. The number of carbonyl (C=O) groups is 2. The Kier molecular flexibility index (Phi) is 6.41. The number of carbonyl (C=O) groups excluding carboxylic acids is 2. The second kappa shape index (κ2) is 8.86. The molecule has 2 aromatic rings. The molecule has 31 heavy (non-hydrogen) atoms. The van der Waals surface area contributed by atoms with Crippen LogP contribution in [0.2, 0.25) is 0 Å². The summed E-state index contributed by atoms with van der Waals surface area (Å²) in [5, 5.41) is 5.86. The molecule has 1 saturated carbocycles. The van der Waals surface area contributed by atoms with E-state index in [4.69, 9.17) is 0 Å². The number of rotatable bonds is 8. The predicted octanol–water partition coefficient (Wildman–Crippen LogP) is 1.11. The summed E-state index contributed by atoms with van der Waals surface area (Å²) in [4.78, 5) is 37.9. The van der Waals surface area contributed by atoms with Gasteiger partial charge in [-0.2, -0.15) is 0 Å². The maximum absolute atomic E-state index is 12.4. The van der Waals surface area contributed by atoms with Gasteiger partial charge in [0.2, 0.25) is 10.0 Å². The number of nitrogens with zero attached hydrogens (tertiary/aromatic N) is 3. The first-order valence-corrected chi connectivity index (χ1v) is 11.3. The molecule has 12 heteroatoms. The van der Waals surface area contributed by atoms with E-state index in [2.05, 4.69) is 30.9 Å². The first-order chi connectivity index (χ1) is 14.6. The SMILES string of the molecule is CONC(=O)c1cnc(C(=O)NC2CC2)cc1Nc1ccc(C)nc1N(C)S(C)(=O)=O. The molecule has 0 bridgehead atoms. The fourth-order valence-corrected chi connectivity index (χ4v) is 3.13. The van der Waals surface area contributed by atoms with Crippen LogP contribution in [0.3, 0.4) is 0 Å². The van der Waals surface area contributed by atoms with E-state index in [0.29, 0.717) is 11.4 Å². The zero-order valence-corrected chi connectivity index (χ0v) is 18.4. The Morgan fingerprint density at radius 3 is 2.52 bits per heavy atom. The van der Waals surface area contributed by atoms with E-state index in [1.54, 1.807) is 19.1 Å². The highest BCUT2D eigenvalue weighted by atomic mass is 32.2. The van der Waals surface area contributed by atoms with E-state index in [1.807, 2.05) is 0 Å². The van der Waals surface area contributed by atoms with E-state index in [0.717, 1.165) is 23.4 Å². The quantitative estimate of drug-likeness (QED) is 0.510. The third kappa shape index (κ3) is 5.47. The smallest absolute Gasteiger partial charge is 0.278 e. The van der Waals surface area contributed by atoms with Crippen molar-refractivity contribution in [1.29, 1.82) is 0 Å². The molecule has 0 atom stereocenters. The van der Waals surface area contributed by atoms with Crippen molar-refractivity contribution in [2.24, 2.45) is 0 Å². The lowest BCUT2D eigenvalue weighted by Gasteiger charge is -2.21. The number of hydroxylamine groups is 1. The molecule has 0 radical (unpaired) electrons. The summed E-state index contributed by atoms with van der Waals surface area (Å²) in [6.45, 7) is 1.73. The van der Waals surface area contributed by atoms with Gasteiger partial charge in [-0.15, -0.1) is 0 Å². The summed E-state index contributed by atoms with van der Waals surface area (Å²) >= 11 is 0. The molecule has 1 aliphatic carbocycles. The van der Waals surface area contributed by atoms with Gasteiger partial charge in [-0.3, -0.25) is 23.7 Å². The van der Waals surface area contributed by atoms with Crippen molar-refractivity contribution in [2.45, 2.75) is 25.8 Å². The van der Waals surface area contributed by atoms with Crippen LogP contribution in [-0.2, 0) is 14.9 Å². The Morgan fingerprint density at radius 1 is 1.19 bits per heavy atom. The van der Waals surface area contributed by atoms with Crippen molar-refractivity contribution in [3.05, 3.63) is 41.3 Å². The van der Waals surface area contributed by atoms with Crippen LogP contribution >= 0.6 is 0 Å². The average molecular weight is 449 g/mol. The molecule has 3 N–H and O–H groups in total. The number of hydrogen-bond acceptors (Lipinski definition) is 8. The molecule has 0 saturated heterocycles. The molecular weight excluding hydrogens is 424 g/mol. The van der Waals surface area contributed by atoms with Gasteiger partial charge < -0.3 is 10.6 Å². The van der Waals surface area contributed by atoms with Gasteiger partial charge in [-0.25, -0.2) is 18.9 Å². The van der Waals surface area contributed by atoms with Crippen molar-refractivity contribution in [2.75, 3.05) is 30.0 Å². The second-order valence-corrected chi connectivity index (χ2v) is 9.19. The van der Waals surface area contributed by atoms with Crippen molar-refractivity contribution >= 4 is 39.0 Å². The zero-order valence-electron chi connectivity index (χ0n) is 17.6. The molecule has 11 nitrogen and oxygen atoms in total. The molecule has 3 rings (SSSR count). The molecule has 2 aromatic heterocycles. The van der Waals surface area contributed by atoms with Gasteiger partial charge in [0.05, 0.1) is 30.3 Å². The highest BCUT2D eigenvalue weighted by Crippen LogP contribution is 2.30. The number of nitrogens with one attached hydrogen (secondary N) is 3. The summed E-state index contributed by atoms with van der Waals surface area (Å²) in [7, 11) is -0.928. The molecule has 2 heterocycles. The molecule has 0 aliphatic heterocycles. The minimum atomic E-state index is -3.60. The largest absolute Gasteiger partial charge is 0.352 e. The fourth-order valence-electron chi connectivity index (χ4n) is 2.68. The molecule has 166 valence electrons. The van der Waals surface area contributed by atoms with Crippen LogP contribution in [0.5, 0.6) is 0 Å². The van der Waals surface area contributed by atoms with Gasteiger partial charge in [-0.05, 0) is 38.0 Å². The minimum Gasteiger partial charge on any atom is -0.352 e. The summed E-state index contributed by atoms with van der Waals surface area (Å²) in [5.74, 6) is -0.814. The Labute approximate surface area is 180 Å². The van der Waals surface area contributed by atoms with Gasteiger partial charge in [-0.1, -0.05) is 0 Å². The van der Waals surface area contributed by atoms with Crippen LogP contribution in [0.4, 0.5) is 17.2 Å². The Morgan fingerprint density at radius 2 is 1.90 bits per heavy atom. The maximum Gasteiger partial charge on any atom is 0.278 e. The van der Waals surface area contributed by atoms with Crippen LogP contribution in [0.25, 0.3) is 0 Å². The summed E-state index contributed by atoms with van der Waals surface area (Å²) in [6, 6.07) is 4.89. The van der Waals surface area contributed by atoms with Crippen molar-refractivity contribution in [3.8, 4) is 0 Å². The lowest BCUT2D eigenvalue weighted by atomic mass is 10.1. The molecule has 2 amide bonds. The maximum atomic E-state index is 12.4. The molecule has 1 fully saturated rings. The lowest BCUT2D eigenvalue weighted by Crippen LogP contribution is -2.28. The highest BCUT2D eigenvalue weighted by Gasteiger charge is 2.26. The van der Waals surface area contributed by atoms with Gasteiger partial charge in [0.15, 0.2) is 5.82 Å². The highest BCUT2D eigenvalue weighted by molar-refractivity contribution is 7.92. The number of sulfonamides is 1. The van der Waals surface area contributed by atoms with Crippen molar-refractivity contribution in [1.82, 2.24) is 20.8 Å². The molecule has 1 aliphatic rings. The fraction of sp³-hybridized carbons (Fsp3) is 0.368. The summed E-state index contributed by atoms with van der Waals surface area (Å²) in [6.07, 6.45) is 4.15.